The summed E-state index contributed by atoms with van der Waals surface area (Å²) in [6.07, 6.45) is 5.36. The second-order valence-corrected chi connectivity index (χ2v) is 4.92. The minimum absolute atomic E-state index is 0.805. The van der Waals surface area contributed by atoms with Gasteiger partial charge in [-0.3, -0.25) is 0 Å². The molecule has 1 aromatic rings. The zero-order chi connectivity index (χ0) is 11.6. The Kier molecular flexibility index (Phi) is 7.38. The van der Waals surface area contributed by atoms with Gasteiger partial charge in [-0.05, 0) is 12.8 Å². The molecule has 0 aliphatic rings. The molecule has 0 aromatic carbocycles. The van der Waals surface area contributed by atoms with Crippen molar-refractivity contribution in [1.82, 2.24) is 10.3 Å². The number of hydrogen-bond donors (Lipinski definition) is 1. The molecule has 1 rings (SSSR count). The van der Waals surface area contributed by atoms with Crippen molar-refractivity contribution in [3.63, 3.8) is 0 Å². The minimum atomic E-state index is 0.805. The van der Waals surface area contributed by atoms with Crippen molar-refractivity contribution in [2.24, 2.45) is 0 Å². The highest BCUT2D eigenvalue weighted by Gasteiger charge is 1.98. The lowest BCUT2D eigenvalue weighted by atomic mass is 10.4. The molecule has 16 heavy (non-hydrogen) atoms. The van der Waals surface area contributed by atoms with Gasteiger partial charge in [0.15, 0.2) is 0 Å². The predicted octanol–water partition coefficient (Wildman–Crippen LogP) is 2.61. The molecule has 3 nitrogen and oxygen atoms in total. The molecular weight excluding hydrogens is 220 g/mol. The number of aryl methyl sites for hydroxylation is 1. The Balaban J connectivity index is 1.98. The third-order valence-electron chi connectivity index (χ3n) is 2.27. The van der Waals surface area contributed by atoms with E-state index in [2.05, 4.69) is 24.1 Å². The molecule has 0 fully saturated rings. The summed E-state index contributed by atoms with van der Waals surface area (Å²) in [4.78, 5) is 5.63. The Morgan fingerprint density at radius 1 is 1.38 bits per heavy atom. The molecule has 1 aromatic heterocycles. The van der Waals surface area contributed by atoms with Gasteiger partial charge < -0.3 is 10.1 Å². The smallest absolute Gasteiger partial charge is 0.0925 e. The Hall–Kier alpha value is -0.450. The maximum Gasteiger partial charge on any atom is 0.0925 e. The van der Waals surface area contributed by atoms with Gasteiger partial charge in [-0.2, -0.15) is 0 Å². The van der Waals surface area contributed by atoms with E-state index in [0.29, 0.717) is 0 Å². The average Bonchev–Trinajstić information content (AvgIpc) is 2.76. The van der Waals surface area contributed by atoms with Crippen LogP contribution in [0, 0.1) is 0 Å². The van der Waals surface area contributed by atoms with Crippen LogP contribution in [0.1, 0.15) is 36.6 Å². The summed E-state index contributed by atoms with van der Waals surface area (Å²) in [6, 6.07) is 0. The minimum Gasteiger partial charge on any atom is -0.380 e. The zero-order valence-electron chi connectivity index (χ0n) is 10.3. The fraction of sp³-hybridized carbons (Fsp3) is 0.750. The molecule has 0 unspecified atom stereocenters. The van der Waals surface area contributed by atoms with E-state index in [0.717, 1.165) is 39.1 Å². The standard InChI is InChI=1S/C12H22N2OS/c1-3-5-7-15-8-6-13-9-11-10-14-12(4-2)16-11/h10,13H,3-9H2,1-2H3. The molecule has 4 heteroatoms. The topological polar surface area (TPSA) is 34.1 Å². The SMILES string of the molecule is CCCCOCCNCc1cnc(CC)s1. The van der Waals surface area contributed by atoms with Crippen molar-refractivity contribution in [3.05, 3.63) is 16.1 Å². The fourth-order valence-electron chi connectivity index (χ4n) is 1.30. The lowest BCUT2D eigenvalue weighted by molar-refractivity contribution is 0.133. The van der Waals surface area contributed by atoms with Gasteiger partial charge in [0.2, 0.25) is 0 Å². The van der Waals surface area contributed by atoms with E-state index >= 15 is 0 Å². The first-order valence-corrected chi connectivity index (χ1v) is 6.90. The van der Waals surface area contributed by atoms with E-state index in [9.17, 15) is 0 Å². The van der Waals surface area contributed by atoms with Crippen LogP contribution in [0.5, 0.6) is 0 Å². The van der Waals surface area contributed by atoms with Gasteiger partial charge in [-0.15, -0.1) is 11.3 Å². The largest absolute Gasteiger partial charge is 0.380 e. The van der Waals surface area contributed by atoms with Gasteiger partial charge in [0.25, 0.3) is 0 Å². The van der Waals surface area contributed by atoms with Gasteiger partial charge in [0, 0.05) is 30.8 Å². The number of rotatable bonds is 9. The predicted molar refractivity (Wildman–Crippen MR) is 68.9 cm³/mol. The Morgan fingerprint density at radius 2 is 2.25 bits per heavy atom. The lowest BCUT2D eigenvalue weighted by Gasteiger charge is -2.04. The van der Waals surface area contributed by atoms with Crippen LogP contribution >= 0.6 is 11.3 Å². The monoisotopic (exact) mass is 242 g/mol. The lowest BCUT2D eigenvalue weighted by Crippen LogP contribution is -2.18. The van der Waals surface area contributed by atoms with Crippen molar-refractivity contribution in [2.75, 3.05) is 19.8 Å². The second kappa shape index (κ2) is 8.67. The fourth-order valence-corrected chi connectivity index (χ4v) is 2.13. The third kappa shape index (κ3) is 5.58. The van der Waals surface area contributed by atoms with Crippen molar-refractivity contribution >= 4 is 11.3 Å². The van der Waals surface area contributed by atoms with Crippen LogP contribution in [-0.4, -0.2) is 24.7 Å². The number of ether oxygens (including phenoxy) is 1. The zero-order valence-corrected chi connectivity index (χ0v) is 11.1. The Bertz CT molecular complexity index is 276. The van der Waals surface area contributed by atoms with Crippen molar-refractivity contribution in [1.29, 1.82) is 0 Å². The van der Waals surface area contributed by atoms with Gasteiger partial charge in [-0.25, -0.2) is 4.98 Å². The van der Waals surface area contributed by atoms with E-state index < -0.39 is 0 Å². The molecule has 0 bridgehead atoms. The summed E-state index contributed by atoms with van der Waals surface area (Å²) in [5.74, 6) is 0. The van der Waals surface area contributed by atoms with E-state index in [1.807, 2.05) is 6.20 Å². The number of hydrogen-bond acceptors (Lipinski definition) is 4. The highest BCUT2D eigenvalue weighted by molar-refractivity contribution is 7.11. The van der Waals surface area contributed by atoms with E-state index in [-0.39, 0.29) is 0 Å². The van der Waals surface area contributed by atoms with Crippen LogP contribution in [-0.2, 0) is 17.7 Å². The number of nitrogens with one attached hydrogen (secondary N) is 1. The van der Waals surface area contributed by atoms with Gasteiger partial charge in [0.05, 0.1) is 11.6 Å². The summed E-state index contributed by atoms with van der Waals surface area (Å²) in [5, 5.41) is 4.58. The van der Waals surface area contributed by atoms with E-state index in [1.165, 1.54) is 16.3 Å². The first-order chi connectivity index (χ1) is 7.86. The van der Waals surface area contributed by atoms with Crippen LogP contribution in [0.15, 0.2) is 6.20 Å². The van der Waals surface area contributed by atoms with Gasteiger partial charge >= 0.3 is 0 Å². The number of nitrogens with zero attached hydrogens (tertiary/aromatic N) is 1. The van der Waals surface area contributed by atoms with E-state index in [1.54, 1.807) is 11.3 Å². The molecule has 0 aliphatic heterocycles. The molecule has 0 saturated heterocycles. The van der Waals surface area contributed by atoms with Crippen molar-refractivity contribution in [3.8, 4) is 0 Å². The second-order valence-electron chi connectivity index (χ2n) is 3.72. The first-order valence-electron chi connectivity index (χ1n) is 6.08. The van der Waals surface area contributed by atoms with Crippen LogP contribution in [0.2, 0.25) is 0 Å². The molecular formula is C12H22N2OS. The van der Waals surface area contributed by atoms with Crippen LogP contribution < -0.4 is 5.32 Å². The summed E-state index contributed by atoms with van der Waals surface area (Å²) < 4.78 is 5.46. The molecule has 0 amide bonds. The molecule has 92 valence electrons. The van der Waals surface area contributed by atoms with Crippen molar-refractivity contribution in [2.45, 2.75) is 39.7 Å². The quantitative estimate of drug-likeness (QED) is 0.676. The maximum atomic E-state index is 5.46. The third-order valence-corrected chi connectivity index (χ3v) is 3.41. The molecule has 0 saturated carbocycles. The van der Waals surface area contributed by atoms with Gasteiger partial charge in [-0.1, -0.05) is 20.3 Å². The molecule has 0 spiro atoms. The highest BCUT2D eigenvalue weighted by atomic mass is 32.1. The highest BCUT2D eigenvalue weighted by Crippen LogP contribution is 2.12. The number of unbranched alkanes of at least 4 members (excludes halogenated alkanes) is 1. The number of thiazole rings is 1. The van der Waals surface area contributed by atoms with Crippen LogP contribution in [0.4, 0.5) is 0 Å². The average molecular weight is 242 g/mol. The molecule has 0 radical (unpaired) electrons. The normalized spacial score (nSPS) is 10.9. The maximum absolute atomic E-state index is 5.46. The summed E-state index contributed by atoms with van der Waals surface area (Å²) >= 11 is 1.79. The molecule has 1 heterocycles. The van der Waals surface area contributed by atoms with Crippen molar-refractivity contribution < 1.29 is 4.74 Å². The summed E-state index contributed by atoms with van der Waals surface area (Å²) in [6.45, 7) is 7.84. The van der Waals surface area contributed by atoms with E-state index in [4.69, 9.17) is 4.74 Å². The van der Waals surface area contributed by atoms with Crippen LogP contribution in [0.3, 0.4) is 0 Å². The molecule has 1 N–H and O–H groups in total. The Labute approximate surface area is 102 Å². The number of aromatic nitrogens is 1. The first kappa shape index (κ1) is 13.6. The summed E-state index contributed by atoms with van der Waals surface area (Å²) in [5.41, 5.74) is 0. The Morgan fingerprint density at radius 3 is 2.94 bits per heavy atom. The molecule has 0 aliphatic carbocycles. The summed E-state index contributed by atoms with van der Waals surface area (Å²) in [7, 11) is 0. The molecule has 0 atom stereocenters. The van der Waals surface area contributed by atoms with Gasteiger partial charge in [0.1, 0.15) is 0 Å². The van der Waals surface area contributed by atoms with Crippen LogP contribution in [0.25, 0.3) is 0 Å².